The molecular formula is C20H19F2N5O3. The number of anilines is 2. The summed E-state index contributed by atoms with van der Waals surface area (Å²) in [6.45, 7) is 4.24. The largest absolute Gasteiger partial charge is 0.477 e. The van der Waals surface area contributed by atoms with E-state index in [2.05, 4.69) is 9.97 Å². The van der Waals surface area contributed by atoms with Crippen molar-refractivity contribution in [1.29, 1.82) is 0 Å². The summed E-state index contributed by atoms with van der Waals surface area (Å²) < 4.78 is 29.5. The average Bonchev–Trinajstić information content (AvgIpc) is 2.74. The number of hydrogen-bond acceptors (Lipinski definition) is 6. The highest BCUT2D eigenvalue weighted by molar-refractivity contribution is 5.93. The molecule has 4 rings (SSSR count). The molecule has 0 saturated carbocycles. The predicted octanol–water partition coefficient (Wildman–Crippen LogP) is 2.11. The summed E-state index contributed by atoms with van der Waals surface area (Å²) in [5, 5.41) is 9.29. The molecule has 1 aliphatic heterocycles. The van der Waals surface area contributed by atoms with Gasteiger partial charge in [-0.1, -0.05) is 0 Å². The number of benzene rings is 1. The van der Waals surface area contributed by atoms with Gasteiger partial charge in [-0.2, -0.15) is 0 Å². The topological polar surface area (TPSA) is 91.6 Å². The third kappa shape index (κ3) is 3.44. The third-order valence-corrected chi connectivity index (χ3v) is 5.23. The zero-order chi connectivity index (χ0) is 21.4. The Labute approximate surface area is 170 Å². The molecule has 2 aromatic heterocycles. The van der Waals surface area contributed by atoms with Crippen molar-refractivity contribution in [2.75, 3.05) is 36.0 Å². The van der Waals surface area contributed by atoms with Gasteiger partial charge >= 0.3 is 5.97 Å². The lowest BCUT2D eigenvalue weighted by molar-refractivity contribution is 0.0695. The number of aromatic carboxylic acids is 1. The first-order valence-electron chi connectivity index (χ1n) is 9.46. The molecule has 10 heteroatoms. The highest BCUT2D eigenvalue weighted by Crippen LogP contribution is 2.27. The van der Waals surface area contributed by atoms with E-state index in [9.17, 15) is 23.5 Å². The molecule has 3 heterocycles. The van der Waals surface area contributed by atoms with Gasteiger partial charge in [0.1, 0.15) is 11.4 Å². The maximum absolute atomic E-state index is 14.9. The molecule has 0 radical (unpaired) electrons. The van der Waals surface area contributed by atoms with Crippen LogP contribution in [0.3, 0.4) is 0 Å². The van der Waals surface area contributed by atoms with Crippen LogP contribution < -0.4 is 15.2 Å². The Bertz CT molecular complexity index is 1170. The number of fused-ring (bicyclic) bond motifs is 1. The molecule has 1 aliphatic rings. The fourth-order valence-electron chi connectivity index (χ4n) is 3.67. The van der Waals surface area contributed by atoms with Crippen LogP contribution in [0, 0.1) is 11.6 Å². The van der Waals surface area contributed by atoms with Crippen molar-refractivity contribution in [2.24, 2.45) is 0 Å². The fraction of sp³-hybridized carbons (Fsp3) is 0.300. The van der Waals surface area contributed by atoms with Crippen molar-refractivity contribution in [2.45, 2.75) is 13.5 Å². The standard InChI is InChI=1S/C20H19F2N5O3/c1-2-25-11-14(19(29)30)18(28)13-7-15(22)17(8-16(13)25)26-3-5-27(6-4-26)20-23-9-12(21)10-24-20/h7-11H,2-6H2,1H3,(H,29,30). The average molecular weight is 415 g/mol. The maximum atomic E-state index is 14.9. The van der Waals surface area contributed by atoms with Crippen LogP contribution in [-0.4, -0.2) is 51.8 Å². The van der Waals surface area contributed by atoms with Gasteiger partial charge < -0.3 is 19.5 Å². The van der Waals surface area contributed by atoms with Gasteiger partial charge in [-0.05, 0) is 19.1 Å². The summed E-state index contributed by atoms with van der Waals surface area (Å²) in [4.78, 5) is 35.5. The molecule has 30 heavy (non-hydrogen) atoms. The van der Waals surface area contributed by atoms with E-state index in [1.54, 1.807) is 10.6 Å². The monoisotopic (exact) mass is 415 g/mol. The Morgan fingerprint density at radius 3 is 2.33 bits per heavy atom. The van der Waals surface area contributed by atoms with E-state index in [4.69, 9.17) is 0 Å². The second-order valence-corrected chi connectivity index (χ2v) is 6.96. The molecule has 1 fully saturated rings. The van der Waals surface area contributed by atoms with Crippen LogP contribution in [-0.2, 0) is 6.54 Å². The Balaban J connectivity index is 1.66. The smallest absolute Gasteiger partial charge is 0.341 e. The molecule has 0 unspecified atom stereocenters. The molecular weight excluding hydrogens is 396 g/mol. The van der Waals surface area contributed by atoms with Gasteiger partial charge in [-0.25, -0.2) is 23.5 Å². The van der Waals surface area contributed by atoms with Gasteiger partial charge in [0.25, 0.3) is 0 Å². The second-order valence-electron chi connectivity index (χ2n) is 6.96. The van der Waals surface area contributed by atoms with Gasteiger partial charge in [0.05, 0.1) is 23.6 Å². The number of aromatic nitrogens is 3. The number of aryl methyl sites for hydroxylation is 1. The molecule has 0 aliphatic carbocycles. The normalized spacial score (nSPS) is 14.4. The van der Waals surface area contributed by atoms with Crippen molar-refractivity contribution in [3.8, 4) is 0 Å². The van der Waals surface area contributed by atoms with Crippen LogP contribution in [0.1, 0.15) is 17.3 Å². The number of halogens is 2. The minimum atomic E-state index is -1.34. The number of carboxylic acids is 1. The van der Waals surface area contributed by atoms with E-state index < -0.39 is 23.0 Å². The molecule has 8 nitrogen and oxygen atoms in total. The molecule has 0 spiro atoms. The lowest BCUT2D eigenvalue weighted by Crippen LogP contribution is -2.47. The minimum Gasteiger partial charge on any atom is -0.477 e. The van der Waals surface area contributed by atoms with Crippen molar-refractivity contribution >= 4 is 28.5 Å². The first-order valence-corrected chi connectivity index (χ1v) is 9.46. The van der Waals surface area contributed by atoms with E-state index in [-0.39, 0.29) is 10.9 Å². The van der Waals surface area contributed by atoms with E-state index >= 15 is 0 Å². The fourth-order valence-corrected chi connectivity index (χ4v) is 3.67. The van der Waals surface area contributed by atoms with E-state index in [0.717, 1.165) is 18.5 Å². The summed E-state index contributed by atoms with van der Waals surface area (Å²) in [7, 11) is 0. The van der Waals surface area contributed by atoms with Crippen LogP contribution in [0.25, 0.3) is 10.9 Å². The molecule has 0 bridgehead atoms. The van der Waals surface area contributed by atoms with Crippen LogP contribution >= 0.6 is 0 Å². The van der Waals surface area contributed by atoms with Gasteiger partial charge in [0.2, 0.25) is 11.4 Å². The second kappa shape index (κ2) is 7.69. The number of carbonyl (C=O) groups is 1. The van der Waals surface area contributed by atoms with Crippen molar-refractivity contribution < 1.29 is 18.7 Å². The first-order chi connectivity index (χ1) is 14.4. The summed E-state index contributed by atoms with van der Waals surface area (Å²) in [5.41, 5.74) is -0.268. The Morgan fingerprint density at radius 1 is 1.10 bits per heavy atom. The zero-order valence-corrected chi connectivity index (χ0v) is 16.2. The quantitative estimate of drug-likeness (QED) is 0.698. The number of nitrogens with zero attached hydrogens (tertiary/aromatic N) is 5. The lowest BCUT2D eigenvalue weighted by Gasteiger charge is -2.36. The van der Waals surface area contributed by atoms with Crippen LogP contribution in [0.15, 0.2) is 35.5 Å². The van der Waals surface area contributed by atoms with E-state index in [0.29, 0.717) is 49.9 Å². The molecule has 0 amide bonds. The lowest BCUT2D eigenvalue weighted by atomic mass is 10.1. The Morgan fingerprint density at radius 2 is 1.73 bits per heavy atom. The van der Waals surface area contributed by atoms with Gasteiger partial charge in [0.15, 0.2) is 5.82 Å². The van der Waals surface area contributed by atoms with Crippen molar-refractivity contribution in [3.05, 3.63) is 58.1 Å². The molecule has 156 valence electrons. The minimum absolute atomic E-state index is 0.0383. The highest BCUT2D eigenvalue weighted by atomic mass is 19.1. The first kappa shape index (κ1) is 19.7. The SMILES string of the molecule is CCn1cc(C(=O)O)c(=O)c2cc(F)c(N3CCN(c4ncc(F)cn4)CC3)cc21. The molecule has 0 atom stereocenters. The van der Waals surface area contributed by atoms with Crippen LogP contribution in [0.4, 0.5) is 20.4 Å². The van der Waals surface area contributed by atoms with Gasteiger partial charge in [0, 0.05) is 44.3 Å². The summed E-state index contributed by atoms with van der Waals surface area (Å²) in [6.07, 6.45) is 3.50. The number of piperazine rings is 1. The Kier molecular flexibility index (Phi) is 5.06. The Hall–Kier alpha value is -3.56. The highest BCUT2D eigenvalue weighted by Gasteiger charge is 2.23. The third-order valence-electron chi connectivity index (χ3n) is 5.23. The van der Waals surface area contributed by atoms with Crippen molar-refractivity contribution in [1.82, 2.24) is 14.5 Å². The summed E-state index contributed by atoms with van der Waals surface area (Å²) in [6, 6.07) is 2.70. The van der Waals surface area contributed by atoms with Crippen LogP contribution in [0.5, 0.6) is 0 Å². The summed E-state index contributed by atoms with van der Waals surface area (Å²) in [5.74, 6) is -2.02. The number of carboxylic acid groups (broad SMARTS) is 1. The van der Waals surface area contributed by atoms with E-state index in [1.807, 2.05) is 16.7 Å². The van der Waals surface area contributed by atoms with Gasteiger partial charge in [-0.3, -0.25) is 4.79 Å². The number of rotatable bonds is 4. The van der Waals surface area contributed by atoms with Crippen molar-refractivity contribution in [3.63, 3.8) is 0 Å². The number of pyridine rings is 1. The van der Waals surface area contributed by atoms with Gasteiger partial charge in [-0.15, -0.1) is 0 Å². The molecule has 3 aromatic rings. The zero-order valence-electron chi connectivity index (χ0n) is 16.2. The molecule has 1 N–H and O–H groups in total. The predicted molar refractivity (Wildman–Crippen MR) is 107 cm³/mol. The van der Waals surface area contributed by atoms with E-state index in [1.165, 1.54) is 6.20 Å². The summed E-state index contributed by atoms with van der Waals surface area (Å²) >= 11 is 0. The number of hydrogen-bond donors (Lipinski definition) is 1. The molecule has 1 saturated heterocycles. The molecule has 1 aromatic carbocycles. The van der Waals surface area contributed by atoms with Crippen LogP contribution in [0.2, 0.25) is 0 Å². The maximum Gasteiger partial charge on any atom is 0.341 e.